The van der Waals surface area contributed by atoms with E-state index in [9.17, 15) is 36.4 Å². The molecule has 3 saturated carbocycles. The van der Waals surface area contributed by atoms with Crippen molar-refractivity contribution in [2.75, 3.05) is 13.7 Å². The van der Waals surface area contributed by atoms with E-state index in [1.807, 2.05) is 4.72 Å². The van der Waals surface area contributed by atoms with E-state index in [2.05, 4.69) is 20.6 Å². The molecule has 324 valence electrons. The van der Waals surface area contributed by atoms with Gasteiger partial charge in [0.1, 0.15) is 47.4 Å². The average molecular weight is 851 g/mol. The normalized spacial score (nSPS) is 32.0. The fourth-order valence-corrected chi connectivity index (χ4v) is 9.72. The minimum Gasteiger partial charge on any atom is -0.497 e. The fourth-order valence-electron chi connectivity index (χ4n) is 8.41. The topological polar surface area (TPSA) is 195 Å². The number of carbonyl (C=O) groups is 4. The highest BCUT2D eigenvalue weighted by molar-refractivity contribution is 7.91. The maximum atomic E-state index is 16.3. The molecule has 0 spiro atoms. The first-order chi connectivity index (χ1) is 27.7. The Morgan fingerprint density at radius 3 is 2.42 bits per heavy atom. The van der Waals surface area contributed by atoms with Crippen molar-refractivity contribution < 1.29 is 55.0 Å². The van der Waals surface area contributed by atoms with Crippen molar-refractivity contribution in [2.45, 2.75) is 140 Å². The average Bonchev–Trinajstić information content (AvgIpc) is 4.12. The first kappa shape index (κ1) is 42.7. The zero-order valence-electron chi connectivity index (χ0n) is 34.1. The zero-order valence-corrected chi connectivity index (χ0v) is 34.9. The summed E-state index contributed by atoms with van der Waals surface area (Å²) in [6, 6.07) is 2.16. The molecule has 4 amide bonds. The molecule has 15 nitrogen and oxygen atoms in total. The van der Waals surface area contributed by atoms with Crippen molar-refractivity contribution in [1.82, 2.24) is 30.2 Å². The lowest BCUT2D eigenvalue weighted by atomic mass is 9.85. The lowest BCUT2D eigenvalue weighted by Crippen LogP contribution is -2.61. The Kier molecular flexibility index (Phi) is 11.3. The van der Waals surface area contributed by atoms with Crippen molar-refractivity contribution in [1.29, 1.82) is 0 Å². The van der Waals surface area contributed by atoms with Crippen molar-refractivity contribution in [2.24, 2.45) is 23.2 Å². The van der Waals surface area contributed by atoms with E-state index in [1.165, 1.54) is 18.9 Å². The molecule has 3 N–H and O–H groups in total. The number of methoxy groups -OCH3 is 1. The summed E-state index contributed by atoms with van der Waals surface area (Å²) < 4.78 is 89.4. The maximum absolute atomic E-state index is 16.3. The highest BCUT2D eigenvalue weighted by Gasteiger charge is 2.68. The molecule has 1 aromatic heterocycles. The molecule has 2 aromatic rings. The minimum atomic E-state index is -4.28. The first-order valence-electron chi connectivity index (χ1n) is 20.3. The number of alkyl halides is 3. The largest absolute Gasteiger partial charge is 0.497 e. The number of halogens is 3. The molecule has 1 aromatic carbocycles. The van der Waals surface area contributed by atoms with E-state index >= 15 is 4.39 Å². The van der Waals surface area contributed by atoms with Crippen LogP contribution in [-0.4, -0.2) is 102 Å². The van der Waals surface area contributed by atoms with Crippen LogP contribution in [0.2, 0.25) is 0 Å². The van der Waals surface area contributed by atoms with Crippen LogP contribution >= 0.6 is 0 Å². The van der Waals surface area contributed by atoms with Crippen LogP contribution < -0.4 is 24.8 Å². The number of sulfonamides is 1. The Balaban J connectivity index is 1.28. The van der Waals surface area contributed by atoms with Crippen LogP contribution in [0.15, 0.2) is 18.2 Å². The fraction of sp³-hybridized carbons (Fsp3) is 0.700. The molecule has 9 atom stereocenters. The summed E-state index contributed by atoms with van der Waals surface area (Å²) >= 11 is 0. The summed E-state index contributed by atoms with van der Waals surface area (Å²) in [7, 11) is -2.80. The number of hydrogen-bond donors (Lipinski definition) is 3. The second kappa shape index (κ2) is 15.6. The predicted octanol–water partition coefficient (Wildman–Crippen LogP) is 4.88. The van der Waals surface area contributed by atoms with Gasteiger partial charge in [-0.1, -0.05) is 40.5 Å². The summed E-state index contributed by atoms with van der Waals surface area (Å²) in [5, 5.41) is 5.16. The number of carbonyl (C=O) groups excluding carboxylic acids is 4. The van der Waals surface area contributed by atoms with Crippen LogP contribution in [-0.2, 0) is 29.1 Å². The first-order valence-corrected chi connectivity index (χ1v) is 21.8. The molecule has 0 unspecified atom stereocenters. The third kappa shape index (κ3) is 8.36. The molecule has 5 aliphatic rings. The Morgan fingerprint density at radius 2 is 1.80 bits per heavy atom. The molecule has 59 heavy (non-hydrogen) atoms. The number of nitrogens with zero attached hydrogens (tertiary/aromatic N) is 3. The SMILES string of the molecule is CC[C@@H]1[C@@H]2CN(C(=O)[C@H](C(C)(C)C)NC(=O)O[C@@H]3C[C@H]3CCCC[C@@H](F)c3nc4ccc(OC)cc4nc3O2)[C@@H]1C(=O)N[C@]1(C(=O)NS(=O)(=O)C2(C)CC2)C[C@H]1C(F)F. The maximum Gasteiger partial charge on any atom is 0.408 e. The van der Waals surface area contributed by atoms with E-state index in [0.717, 1.165) is 0 Å². The van der Waals surface area contributed by atoms with Crippen LogP contribution in [0.1, 0.15) is 104 Å². The van der Waals surface area contributed by atoms with Gasteiger partial charge in [-0.05, 0) is 75.3 Å². The van der Waals surface area contributed by atoms with E-state index in [0.29, 0.717) is 42.5 Å². The van der Waals surface area contributed by atoms with Gasteiger partial charge in [0.05, 0.1) is 35.4 Å². The minimum absolute atomic E-state index is 0.0691. The number of alkyl carbamates (subject to hydrolysis) is 1. The number of aromatic nitrogens is 2. The summed E-state index contributed by atoms with van der Waals surface area (Å²) in [5.74, 6) is -5.29. The molecule has 3 aliphatic carbocycles. The predicted molar refractivity (Wildman–Crippen MR) is 207 cm³/mol. The highest BCUT2D eigenvalue weighted by atomic mass is 32.2. The molecule has 0 radical (unpaired) electrons. The second-order valence-electron chi connectivity index (χ2n) is 18.1. The third-order valence-electron chi connectivity index (χ3n) is 12.7. The van der Waals surface area contributed by atoms with Gasteiger partial charge in [-0.15, -0.1) is 0 Å². The summed E-state index contributed by atoms with van der Waals surface area (Å²) in [6.07, 6.45) is -4.31. The zero-order chi connectivity index (χ0) is 42.8. The van der Waals surface area contributed by atoms with Gasteiger partial charge < -0.3 is 29.7 Å². The van der Waals surface area contributed by atoms with Crippen molar-refractivity contribution in [3.05, 3.63) is 23.9 Å². The lowest BCUT2D eigenvalue weighted by molar-refractivity contribution is -0.144. The lowest BCUT2D eigenvalue weighted by Gasteiger charge is -2.36. The van der Waals surface area contributed by atoms with Crippen LogP contribution in [0.3, 0.4) is 0 Å². The number of rotatable bonds is 8. The molecule has 4 fully saturated rings. The van der Waals surface area contributed by atoms with Gasteiger partial charge in [0, 0.05) is 12.0 Å². The van der Waals surface area contributed by atoms with Gasteiger partial charge in [-0.3, -0.25) is 19.1 Å². The van der Waals surface area contributed by atoms with Gasteiger partial charge in [0.15, 0.2) is 0 Å². The smallest absolute Gasteiger partial charge is 0.408 e. The molecule has 2 bridgehead atoms. The standard InChI is InChI=1S/C40H53F3N6O9S/c1-7-22-28-19-49(30(22)33(50)47-40(18-23(40)32(42)43)36(52)48-59(54,55)39(5)14-15-39)35(51)31(38(2,3)4)46-37(53)58-27-16-20(27)10-8-9-11-24(41)29-34(57-28)45-26-17-21(56-6)12-13-25(26)44-29/h12-13,17,20,22-24,27-28,30-32H,7-11,14-16,18-19H2,1-6H3,(H,46,53)(H,47,50)(H,48,52)/t20-,22-,23+,24-,27-,28+,30+,31-,40-/m1/s1. The Hall–Kier alpha value is -4.42. The van der Waals surface area contributed by atoms with Gasteiger partial charge in [0.2, 0.25) is 34.1 Å². The Bertz CT molecular complexity index is 2120. The van der Waals surface area contributed by atoms with Crippen LogP contribution in [0.4, 0.5) is 18.0 Å². The second-order valence-corrected chi connectivity index (χ2v) is 20.3. The van der Waals surface area contributed by atoms with Crippen molar-refractivity contribution in [3.63, 3.8) is 0 Å². The molecule has 2 aliphatic heterocycles. The number of fused-ring (bicyclic) bond motifs is 5. The van der Waals surface area contributed by atoms with Gasteiger partial charge in [-0.25, -0.2) is 36.4 Å². The molecular formula is C40H53F3N6O9S. The van der Waals surface area contributed by atoms with Crippen molar-refractivity contribution in [3.8, 4) is 11.6 Å². The van der Waals surface area contributed by atoms with Gasteiger partial charge >= 0.3 is 6.09 Å². The summed E-state index contributed by atoms with van der Waals surface area (Å²) in [6.45, 7) is 7.97. The molecule has 3 heterocycles. The van der Waals surface area contributed by atoms with E-state index < -0.39 is 98.6 Å². The highest BCUT2D eigenvalue weighted by Crippen LogP contribution is 2.50. The number of benzene rings is 1. The number of hydrogen-bond acceptors (Lipinski definition) is 11. The molecule has 19 heteroatoms. The van der Waals surface area contributed by atoms with Gasteiger partial charge in [0.25, 0.3) is 5.91 Å². The number of ether oxygens (including phenoxy) is 3. The van der Waals surface area contributed by atoms with Gasteiger partial charge in [-0.2, -0.15) is 0 Å². The molecular weight excluding hydrogens is 798 g/mol. The monoisotopic (exact) mass is 850 g/mol. The summed E-state index contributed by atoms with van der Waals surface area (Å²) in [4.78, 5) is 67.0. The van der Waals surface area contributed by atoms with Crippen LogP contribution in [0.25, 0.3) is 11.0 Å². The number of nitrogens with one attached hydrogen (secondary N) is 3. The number of amides is 4. The Morgan fingerprint density at radius 1 is 1.08 bits per heavy atom. The quantitative estimate of drug-likeness (QED) is 0.328. The van der Waals surface area contributed by atoms with E-state index in [-0.39, 0.29) is 55.8 Å². The van der Waals surface area contributed by atoms with E-state index in [4.69, 9.17) is 14.2 Å². The van der Waals surface area contributed by atoms with E-state index in [1.54, 1.807) is 45.9 Å². The molecule has 7 rings (SSSR count). The summed E-state index contributed by atoms with van der Waals surface area (Å²) in [5.41, 5.74) is -2.62. The third-order valence-corrected chi connectivity index (χ3v) is 14.9. The van der Waals surface area contributed by atoms with Crippen LogP contribution in [0, 0.1) is 23.2 Å². The molecule has 1 saturated heterocycles. The van der Waals surface area contributed by atoms with Crippen molar-refractivity contribution >= 4 is 44.9 Å². The van der Waals surface area contributed by atoms with Crippen LogP contribution in [0.5, 0.6) is 11.6 Å². The Labute approximate surface area is 341 Å².